The largest absolute Gasteiger partial charge is 0.332 e. The number of hydrogen-bond donors (Lipinski definition) is 2. The molecule has 0 saturated carbocycles. The zero-order valence-corrected chi connectivity index (χ0v) is 16.9. The first-order valence-electron chi connectivity index (χ1n) is 7.17. The molecule has 0 amide bonds. The maximum absolute atomic E-state index is 12.4. The van der Waals surface area contributed by atoms with E-state index >= 15 is 0 Å². The Morgan fingerprint density at radius 3 is 2.12 bits per heavy atom. The minimum atomic E-state index is -3.54. The first kappa shape index (κ1) is 19.9. The molecule has 0 bridgehead atoms. The third kappa shape index (κ3) is 4.83. The van der Waals surface area contributed by atoms with E-state index in [1.807, 2.05) is 0 Å². The summed E-state index contributed by atoms with van der Waals surface area (Å²) in [6.07, 6.45) is 0. The molecule has 0 radical (unpaired) electrons. The summed E-state index contributed by atoms with van der Waals surface area (Å²) in [4.78, 5) is 0.222. The van der Waals surface area contributed by atoms with Crippen molar-refractivity contribution in [2.24, 2.45) is 0 Å². The Balaban J connectivity index is 2.20. The van der Waals surface area contributed by atoms with E-state index in [2.05, 4.69) is 10.6 Å². The molecule has 2 N–H and O–H groups in total. The van der Waals surface area contributed by atoms with Crippen LogP contribution in [0.15, 0.2) is 41.3 Å². The van der Waals surface area contributed by atoms with Crippen molar-refractivity contribution in [2.45, 2.75) is 11.8 Å². The predicted octanol–water partition coefficient (Wildman–Crippen LogP) is 4.36. The molecule has 0 unspecified atom stereocenters. The topological polar surface area (TPSA) is 61.4 Å². The highest BCUT2D eigenvalue weighted by atomic mass is 35.5. The number of rotatable bonds is 4. The van der Waals surface area contributed by atoms with Crippen LogP contribution in [-0.4, -0.2) is 31.9 Å². The lowest BCUT2D eigenvalue weighted by Gasteiger charge is -2.16. The molecule has 25 heavy (non-hydrogen) atoms. The summed E-state index contributed by atoms with van der Waals surface area (Å²) in [7, 11) is -0.555. The Kier molecular flexibility index (Phi) is 6.29. The minimum Gasteiger partial charge on any atom is -0.332 e. The maximum atomic E-state index is 12.4. The van der Waals surface area contributed by atoms with Crippen LogP contribution in [0.3, 0.4) is 0 Å². The number of benzene rings is 2. The normalized spacial score (nSPS) is 11.4. The molecule has 0 atom stereocenters. The van der Waals surface area contributed by atoms with Crippen LogP contribution in [0.1, 0.15) is 5.56 Å². The van der Waals surface area contributed by atoms with Crippen molar-refractivity contribution in [2.75, 3.05) is 24.7 Å². The third-order valence-corrected chi connectivity index (χ3v) is 6.28. The van der Waals surface area contributed by atoms with Crippen molar-refractivity contribution in [1.82, 2.24) is 4.31 Å². The van der Waals surface area contributed by atoms with E-state index in [-0.39, 0.29) is 4.90 Å². The maximum Gasteiger partial charge on any atom is 0.242 e. The van der Waals surface area contributed by atoms with Crippen LogP contribution >= 0.6 is 35.4 Å². The number of halogens is 2. The van der Waals surface area contributed by atoms with Crippen molar-refractivity contribution >= 4 is 61.9 Å². The van der Waals surface area contributed by atoms with Crippen LogP contribution in [0.2, 0.25) is 10.0 Å². The van der Waals surface area contributed by atoms with Crippen molar-refractivity contribution in [1.29, 1.82) is 0 Å². The van der Waals surface area contributed by atoms with E-state index in [1.54, 1.807) is 43.3 Å². The second-order valence-electron chi connectivity index (χ2n) is 5.48. The molecule has 2 aromatic carbocycles. The van der Waals surface area contributed by atoms with Crippen LogP contribution in [0.25, 0.3) is 0 Å². The van der Waals surface area contributed by atoms with E-state index in [1.165, 1.54) is 18.4 Å². The summed E-state index contributed by atoms with van der Waals surface area (Å²) in [5.74, 6) is 0. The number of hydrogen-bond acceptors (Lipinski definition) is 3. The first-order valence-corrected chi connectivity index (χ1v) is 9.78. The van der Waals surface area contributed by atoms with Crippen LogP contribution in [0.5, 0.6) is 0 Å². The second kappa shape index (κ2) is 7.88. The SMILES string of the molecule is Cc1ccc(NC(=S)Nc2ccc(Cl)c(Cl)c2)cc1S(=O)(=O)N(C)C. The molecule has 0 aromatic heterocycles. The first-order chi connectivity index (χ1) is 11.6. The van der Waals surface area contributed by atoms with Gasteiger partial charge >= 0.3 is 0 Å². The van der Waals surface area contributed by atoms with Gasteiger partial charge in [-0.25, -0.2) is 12.7 Å². The molecule has 134 valence electrons. The predicted molar refractivity (Wildman–Crippen MR) is 108 cm³/mol. The van der Waals surface area contributed by atoms with E-state index in [4.69, 9.17) is 35.4 Å². The zero-order chi connectivity index (χ0) is 18.8. The number of aryl methyl sites for hydroxylation is 1. The fourth-order valence-corrected chi connectivity index (χ4v) is 3.70. The summed E-state index contributed by atoms with van der Waals surface area (Å²) in [6, 6.07) is 10.1. The number of thiocarbonyl (C=S) groups is 1. The highest BCUT2D eigenvalue weighted by Gasteiger charge is 2.20. The van der Waals surface area contributed by atoms with Crippen LogP contribution in [0.4, 0.5) is 11.4 Å². The van der Waals surface area contributed by atoms with Gasteiger partial charge in [0.1, 0.15) is 0 Å². The van der Waals surface area contributed by atoms with Gasteiger partial charge in [0.05, 0.1) is 14.9 Å². The zero-order valence-electron chi connectivity index (χ0n) is 13.8. The van der Waals surface area contributed by atoms with E-state index < -0.39 is 10.0 Å². The van der Waals surface area contributed by atoms with Crippen molar-refractivity contribution in [3.05, 3.63) is 52.0 Å². The summed E-state index contributed by atoms with van der Waals surface area (Å²) in [5, 5.41) is 7.09. The summed E-state index contributed by atoms with van der Waals surface area (Å²) < 4.78 is 25.9. The van der Waals surface area contributed by atoms with Gasteiger partial charge in [-0.3, -0.25) is 0 Å². The molecule has 2 aromatic rings. The molecular formula is C16H17Cl2N3O2S2. The highest BCUT2D eigenvalue weighted by molar-refractivity contribution is 7.89. The van der Waals surface area contributed by atoms with Crippen molar-refractivity contribution in [3.8, 4) is 0 Å². The Morgan fingerprint density at radius 2 is 1.56 bits per heavy atom. The number of sulfonamides is 1. The fourth-order valence-electron chi connectivity index (χ4n) is 2.02. The molecule has 2 rings (SSSR count). The quantitative estimate of drug-likeness (QED) is 0.723. The lowest BCUT2D eigenvalue weighted by molar-refractivity contribution is 0.520. The molecular weight excluding hydrogens is 401 g/mol. The number of nitrogens with zero attached hydrogens (tertiary/aromatic N) is 1. The molecule has 0 heterocycles. The standard InChI is InChI=1S/C16H17Cl2N3O2S2/c1-10-4-5-12(9-15(10)25(22,23)21(2)3)20-16(24)19-11-6-7-13(17)14(18)8-11/h4-9H,1-3H3,(H2,19,20,24). The summed E-state index contributed by atoms with van der Waals surface area (Å²) in [5.41, 5.74) is 1.88. The molecule has 0 aliphatic carbocycles. The lowest BCUT2D eigenvalue weighted by Crippen LogP contribution is -2.24. The molecule has 5 nitrogen and oxygen atoms in total. The molecule has 0 aliphatic rings. The molecule has 0 aliphatic heterocycles. The average Bonchev–Trinajstić information content (AvgIpc) is 2.52. The van der Waals surface area contributed by atoms with Gasteiger partial charge in [0.25, 0.3) is 0 Å². The van der Waals surface area contributed by atoms with Crippen molar-refractivity contribution in [3.63, 3.8) is 0 Å². The Hall–Kier alpha value is -1.38. The van der Waals surface area contributed by atoms with Gasteiger partial charge < -0.3 is 10.6 Å². The summed E-state index contributed by atoms with van der Waals surface area (Å²) in [6.45, 7) is 1.74. The van der Waals surface area contributed by atoms with E-state index in [0.717, 1.165) is 0 Å². The number of nitrogens with one attached hydrogen (secondary N) is 2. The average molecular weight is 418 g/mol. The van der Waals surface area contributed by atoms with Crippen LogP contribution in [-0.2, 0) is 10.0 Å². The Morgan fingerprint density at radius 1 is 1.00 bits per heavy atom. The fraction of sp³-hybridized carbons (Fsp3) is 0.188. The van der Waals surface area contributed by atoms with Crippen LogP contribution < -0.4 is 10.6 Å². The van der Waals surface area contributed by atoms with Gasteiger partial charge in [0, 0.05) is 25.5 Å². The van der Waals surface area contributed by atoms with Gasteiger partial charge in [-0.1, -0.05) is 29.3 Å². The molecule has 9 heteroatoms. The van der Waals surface area contributed by atoms with Gasteiger partial charge in [-0.15, -0.1) is 0 Å². The van der Waals surface area contributed by atoms with Crippen LogP contribution in [0, 0.1) is 6.92 Å². The van der Waals surface area contributed by atoms with Gasteiger partial charge in [-0.05, 0) is 55.0 Å². The highest BCUT2D eigenvalue weighted by Crippen LogP contribution is 2.26. The molecule has 0 fully saturated rings. The molecule has 0 spiro atoms. The Bertz CT molecular complexity index is 916. The third-order valence-electron chi connectivity index (χ3n) is 3.38. The van der Waals surface area contributed by atoms with E-state index in [0.29, 0.717) is 32.1 Å². The van der Waals surface area contributed by atoms with Crippen molar-refractivity contribution < 1.29 is 8.42 Å². The minimum absolute atomic E-state index is 0.222. The van der Waals surface area contributed by atoms with Gasteiger partial charge in [-0.2, -0.15) is 0 Å². The lowest BCUT2D eigenvalue weighted by atomic mass is 10.2. The second-order valence-corrected chi connectivity index (χ2v) is 8.82. The Labute approximate surface area is 163 Å². The van der Waals surface area contributed by atoms with Gasteiger partial charge in [0.15, 0.2) is 5.11 Å². The monoisotopic (exact) mass is 417 g/mol. The smallest absolute Gasteiger partial charge is 0.242 e. The number of anilines is 2. The summed E-state index contributed by atoms with van der Waals surface area (Å²) >= 11 is 17.1. The molecule has 0 saturated heterocycles. The van der Waals surface area contributed by atoms with Gasteiger partial charge in [0.2, 0.25) is 10.0 Å². The van der Waals surface area contributed by atoms with E-state index in [9.17, 15) is 8.42 Å².